The van der Waals surface area contributed by atoms with Gasteiger partial charge in [-0.25, -0.2) is 4.79 Å². The van der Waals surface area contributed by atoms with Crippen LogP contribution in [0, 0.1) is 6.92 Å². The number of hydrogen-bond donors (Lipinski definition) is 0. The van der Waals surface area contributed by atoms with Gasteiger partial charge in [0.25, 0.3) is 0 Å². The normalized spacial score (nSPS) is 13.9. The molecule has 0 aliphatic rings. The lowest BCUT2D eigenvalue weighted by Crippen LogP contribution is -2.31. The number of hydrogen-bond acceptors (Lipinski definition) is 3. The molecule has 0 fully saturated rings. The highest BCUT2D eigenvalue weighted by Crippen LogP contribution is 2.26. The standard InChI is InChI=1S/C11H18O2SSi/c1-7-5-6-9(14-7)10(12)13-11(3,4)8(2)15/h5-6,8H,1-4,15H3. The van der Waals surface area contributed by atoms with Crippen molar-refractivity contribution in [1.82, 2.24) is 0 Å². The summed E-state index contributed by atoms with van der Waals surface area (Å²) in [5.74, 6) is -0.194. The van der Waals surface area contributed by atoms with Crippen molar-refractivity contribution in [3.63, 3.8) is 0 Å². The Bertz CT molecular complexity index is 355. The fourth-order valence-electron chi connectivity index (χ4n) is 0.951. The van der Waals surface area contributed by atoms with E-state index in [-0.39, 0.29) is 11.6 Å². The molecule has 0 spiro atoms. The smallest absolute Gasteiger partial charge is 0.348 e. The van der Waals surface area contributed by atoms with E-state index in [0.717, 1.165) is 15.1 Å². The molecule has 0 saturated carbocycles. The lowest BCUT2D eigenvalue weighted by Gasteiger charge is -2.28. The topological polar surface area (TPSA) is 26.3 Å². The molecule has 4 heteroatoms. The number of rotatable bonds is 3. The number of thiophene rings is 1. The van der Waals surface area contributed by atoms with Crippen LogP contribution in [-0.2, 0) is 4.74 Å². The summed E-state index contributed by atoms with van der Waals surface area (Å²) in [6, 6.07) is 3.77. The maximum Gasteiger partial charge on any atom is 0.348 e. The van der Waals surface area contributed by atoms with E-state index in [1.165, 1.54) is 11.3 Å². The third-order valence-corrected chi connectivity index (χ3v) is 5.06. The molecule has 84 valence electrons. The van der Waals surface area contributed by atoms with Gasteiger partial charge in [0, 0.05) is 15.1 Å². The van der Waals surface area contributed by atoms with E-state index in [1.54, 1.807) is 0 Å². The monoisotopic (exact) mass is 242 g/mol. The molecule has 0 radical (unpaired) electrons. The Balaban J connectivity index is 2.72. The van der Waals surface area contributed by atoms with Gasteiger partial charge < -0.3 is 4.74 Å². The second-order valence-electron chi connectivity index (χ2n) is 4.56. The SMILES string of the molecule is Cc1ccc(C(=O)OC(C)(C)C(C)[SiH3])s1. The van der Waals surface area contributed by atoms with E-state index in [4.69, 9.17) is 4.74 Å². The molecule has 1 atom stereocenters. The van der Waals surface area contributed by atoms with Crippen molar-refractivity contribution >= 4 is 27.5 Å². The minimum absolute atomic E-state index is 0.194. The van der Waals surface area contributed by atoms with E-state index in [2.05, 4.69) is 6.92 Å². The van der Waals surface area contributed by atoms with Crippen LogP contribution < -0.4 is 0 Å². The zero-order valence-electron chi connectivity index (χ0n) is 9.96. The van der Waals surface area contributed by atoms with Gasteiger partial charge in [-0.1, -0.05) is 6.92 Å². The van der Waals surface area contributed by atoms with Crippen molar-refractivity contribution in [3.05, 3.63) is 21.9 Å². The van der Waals surface area contributed by atoms with Crippen LogP contribution in [0.25, 0.3) is 0 Å². The van der Waals surface area contributed by atoms with Crippen molar-refractivity contribution in [1.29, 1.82) is 0 Å². The highest BCUT2D eigenvalue weighted by atomic mass is 32.1. The van der Waals surface area contributed by atoms with E-state index in [1.807, 2.05) is 32.9 Å². The summed E-state index contributed by atoms with van der Waals surface area (Å²) in [5.41, 5.74) is 0.101. The second-order valence-corrected chi connectivity index (χ2v) is 7.58. The summed E-state index contributed by atoms with van der Waals surface area (Å²) in [4.78, 5) is 13.6. The molecule has 0 saturated heterocycles. The van der Waals surface area contributed by atoms with E-state index in [0.29, 0.717) is 10.4 Å². The molecule has 1 unspecified atom stereocenters. The van der Waals surface area contributed by atoms with Gasteiger partial charge in [-0.05, 0) is 38.4 Å². The minimum atomic E-state index is -0.346. The Kier molecular flexibility index (Phi) is 3.73. The van der Waals surface area contributed by atoms with E-state index < -0.39 is 0 Å². The predicted molar refractivity (Wildman–Crippen MR) is 67.9 cm³/mol. The first-order valence-corrected chi connectivity index (χ1v) is 7.10. The van der Waals surface area contributed by atoms with Crippen molar-refractivity contribution in [2.45, 2.75) is 38.8 Å². The zero-order valence-corrected chi connectivity index (χ0v) is 12.8. The molecule has 1 rings (SSSR count). The lowest BCUT2D eigenvalue weighted by molar-refractivity contribution is -0.00146. The Morgan fingerprint density at radius 1 is 1.53 bits per heavy atom. The quantitative estimate of drug-likeness (QED) is 0.600. The van der Waals surface area contributed by atoms with Crippen molar-refractivity contribution in [3.8, 4) is 0 Å². The molecule has 0 aliphatic heterocycles. The van der Waals surface area contributed by atoms with Crippen LogP contribution in [0.1, 0.15) is 35.3 Å². The van der Waals surface area contributed by atoms with Crippen LogP contribution in [0.3, 0.4) is 0 Å². The average molecular weight is 242 g/mol. The molecule has 0 amide bonds. The minimum Gasteiger partial charge on any atom is -0.456 e. The number of carbonyl (C=O) groups excluding carboxylic acids is 1. The molecule has 15 heavy (non-hydrogen) atoms. The summed E-state index contributed by atoms with van der Waals surface area (Å²) < 4.78 is 5.50. The number of aryl methyl sites for hydroxylation is 1. The van der Waals surface area contributed by atoms with Gasteiger partial charge in [-0.15, -0.1) is 11.3 Å². The first kappa shape index (κ1) is 12.5. The molecular formula is C11H18O2SSi. The van der Waals surface area contributed by atoms with Crippen LogP contribution >= 0.6 is 11.3 Å². The van der Waals surface area contributed by atoms with Gasteiger partial charge in [-0.2, -0.15) is 0 Å². The van der Waals surface area contributed by atoms with E-state index in [9.17, 15) is 4.79 Å². The molecule has 1 aromatic rings. The molecule has 1 heterocycles. The Morgan fingerprint density at radius 3 is 2.53 bits per heavy atom. The van der Waals surface area contributed by atoms with Gasteiger partial charge in [-0.3, -0.25) is 0 Å². The molecular weight excluding hydrogens is 224 g/mol. The van der Waals surface area contributed by atoms with Crippen molar-refractivity contribution in [2.75, 3.05) is 0 Å². The maximum absolute atomic E-state index is 11.8. The van der Waals surface area contributed by atoms with Crippen molar-refractivity contribution in [2.24, 2.45) is 0 Å². The van der Waals surface area contributed by atoms with Crippen molar-refractivity contribution < 1.29 is 9.53 Å². The Labute approximate surface area is 98.1 Å². The first-order chi connectivity index (χ1) is 6.83. The predicted octanol–water partition coefficient (Wildman–Crippen LogP) is 2.17. The van der Waals surface area contributed by atoms with Gasteiger partial charge in [0.2, 0.25) is 0 Å². The average Bonchev–Trinajstić information content (AvgIpc) is 2.50. The highest BCUT2D eigenvalue weighted by molar-refractivity contribution is 7.13. The molecule has 1 aromatic heterocycles. The van der Waals surface area contributed by atoms with Gasteiger partial charge in [0.05, 0.1) is 0 Å². The molecule has 0 aromatic carbocycles. The summed E-state index contributed by atoms with van der Waals surface area (Å²) in [5, 5.41) is 0. The van der Waals surface area contributed by atoms with Gasteiger partial charge >= 0.3 is 5.97 Å². The van der Waals surface area contributed by atoms with Crippen LogP contribution in [0.5, 0.6) is 0 Å². The summed E-state index contributed by atoms with van der Waals surface area (Å²) in [6.45, 7) is 8.05. The largest absolute Gasteiger partial charge is 0.456 e. The first-order valence-electron chi connectivity index (χ1n) is 5.12. The molecule has 2 nitrogen and oxygen atoms in total. The summed E-state index contributed by atoms with van der Waals surface area (Å²) in [7, 11) is 1.03. The highest BCUT2D eigenvalue weighted by Gasteiger charge is 2.27. The number of carbonyl (C=O) groups is 1. The Morgan fingerprint density at radius 2 is 2.13 bits per heavy atom. The third-order valence-electron chi connectivity index (χ3n) is 2.69. The summed E-state index contributed by atoms with van der Waals surface area (Å²) in [6.07, 6.45) is 0. The fraction of sp³-hybridized carbons (Fsp3) is 0.545. The zero-order chi connectivity index (χ0) is 11.6. The molecule has 0 bridgehead atoms. The third kappa shape index (κ3) is 3.17. The second kappa shape index (κ2) is 4.49. The summed E-state index contributed by atoms with van der Waals surface area (Å²) >= 11 is 1.49. The molecule has 0 aliphatic carbocycles. The van der Waals surface area contributed by atoms with Crippen LogP contribution in [0.2, 0.25) is 5.54 Å². The fourth-order valence-corrected chi connectivity index (χ4v) is 1.81. The number of ether oxygens (including phenoxy) is 1. The lowest BCUT2D eigenvalue weighted by atomic mass is 10.1. The molecule has 0 N–H and O–H groups in total. The maximum atomic E-state index is 11.8. The van der Waals surface area contributed by atoms with Crippen LogP contribution in [0.15, 0.2) is 12.1 Å². The van der Waals surface area contributed by atoms with E-state index >= 15 is 0 Å². The van der Waals surface area contributed by atoms with Crippen LogP contribution in [0.4, 0.5) is 0 Å². The van der Waals surface area contributed by atoms with Gasteiger partial charge in [0.1, 0.15) is 10.5 Å². The van der Waals surface area contributed by atoms with Crippen LogP contribution in [-0.4, -0.2) is 21.8 Å². The number of esters is 1. The van der Waals surface area contributed by atoms with Gasteiger partial charge in [0.15, 0.2) is 0 Å². The Hall–Kier alpha value is -0.613.